The summed E-state index contributed by atoms with van der Waals surface area (Å²) in [4.78, 5) is 28.1. The topological polar surface area (TPSA) is 79.0 Å². The molecule has 2 aromatic rings. The molecule has 0 radical (unpaired) electrons. The number of hydrogen-bond donors (Lipinski definition) is 1. The van der Waals surface area contributed by atoms with Gasteiger partial charge in [-0.25, -0.2) is 0 Å². The summed E-state index contributed by atoms with van der Waals surface area (Å²) >= 11 is 0. The van der Waals surface area contributed by atoms with Gasteiger partial charge in [0, 0.05) is 32.0 Å². The standard InChI is InChI=1S/C16H20N4O2/c1-4-20(3)14(21)10-9-13-16(22)17-15(19-18-13)12-7-5-11(2)6-8-12/h5-8H,4,9-10H2,1-3H3,(H,17,19,22). The molecule has 0 aliphatic carbocycles. The molecule has 0 saturated carbocycles. The Hall–Kier alpha value is -2.50. The fraction of sp³-hybridized carbons (Fsp3) is 0.375. The van der Waals surface area contributed by atoms with E-state index in [4.69, 9.17) is 0 Å². The summed E-state index contributed by atoms with van der Waals surface area (Å²) in [5.74, 6) is 0.428. The lowest BCUT2D eigenvalue weighted by Gasteiger charge is -2.13. The lowest BCUT2D eigenvalue weighted by molar-refractivity contribution is -0.129. The molecule has 6 nitrogen and oxygen atoms in total. The smallest absolute Gasteiger partial charge is 0.273 e. The number of nitrogens with zero attached hydrogens (tertiary/aromatic N) is 3. The summed E-state index contributed by atoms with van der Waals surface area (Å²) in [5, 5.41) is 8.02. The van der Waals surface area contributed by atoms with Crippen LogP contribution in [0.25, 0.3) is 11.4 Å². The van der Waals surface area contributed by atoms with Crippen molar-refractivity contribution in [2.24, 2.45) is 0 Å². The van der Waals surface area contributed by atoms with Crippen molar-refractivity contribution in [3.8, 4) is 11.4 Å². The number of hydrogen-bond acceptors (Lipinski definition) is 4. The van der Waals surface area contributed by atoms with Gasteiger partial charge in [0.15, 0.2) is 5.82 Å². The maximum atomic E-state index is 12.0. The van der Waals surface area contributed by atoms with E-state index < -0.39 is 0 Å². The van der Waals surface area contributed by atoms with E-state index in [1.165, 1.54) is 0 Å². The van der Waals surface area contributed by atoms with Crippen molar-refractivity contribution in [2.45, 2.75) is 26.7 Å². The van der Waals surface area contributed by atoms with Crippen LogP contribution in [0.2, 0.25) is 0 Å². The van der Waals surface area contributed by atoms with Crippen LogP contribution in [0.15, 0.2) is 29.1 Å². The van der Waals surface area contributed by atoms with Crippen LogP contribution in [0, 0.1) is 6.92 Å². The molecule has 1 aromatic carbocycles. The molecular formula is C16H20N4O2. The monoisotopic (exact) mass is 300 g/mol. The number of carbonyl (C=O) groups is 1. The van der Waals surface area contributed by atoms with Crippen molar-refractivity contribution in [3.05, 3.63) is 45.9 Å². The molecular weight excluding hydrogens is 280 g/mol. The van der Waals surface area contributed by atoms with Gasteiger partial charge in [0.1, 0.15) is 5.69 Å². The number of benzene rings is 1. The fourth-order valence-electron chi connectivity index (χ4n) is 1.96. The van der Waals surface area contributed by atoms with E-state index in [0.29, 0.717) is 18.8 Å². The third-order valence-corrected chi connectivity index (χ3v) is 3.57. The Kier molecular flexibility index (Phi) is 5.04. The van der Waals surface area contributed by atoms with Crippen LogP contribution in [0.3, 0.4) is 0 Å². The Morgan fingerprint density at radius 3 is 2.50 bits per heavy atom. The van der Waals surface area contributed by atoms with Crippen LogP contribution in [-0.4, -0.2) is 39.6 Å². The van der Waals surface area contributed by atoms with Gasteiger partial charge in [-0.05, 0) is 13.8 Å². The number of aryl methyl sites for hydroxylation is 2. The largest absolute Gasteiger partial charge is 0.346 e. The van der Waals surface area contributed by atoms with Gasteiger partial charge in [0.05, 0.1) is 0 Å². The molecule has 0 spiro atoms. The second-order valence-electron chi connectivity index (χ2n) is 5.22. The molecule has 0 atom stereocenters. The van der Waals surface area contributed by atoms with Crippen molar-refractivity contribution in [1.82, 2.24) is 20.1 Å². The van der Waals surface area contributed by atoms with Gasteiger partial charge in [-0.1, -0.05) is 29.8 Å². The first-order valence-electron chi connectivity index (χ1n) is 7.28. The Morgan fingerprint density at radius 2 is 1.91 bits per heavy atom. The van der Waals surface area contributed by atoms with Gasteiger partial charge in [0.2, 0.25) is 5.91 Å². The van der Waals surface area contributed by atoms with E-state index >= 15 is 0 Å². The molecule has 1 amide bonds. The molecule has 0 fully saturated rings. The molecule has 0 bridgehead atoms. The average Bonchev–Trinajstić information content (AvgIpc) is 2.53. The van der Waals surface area contributed by atoms with E-state index in [0.717, 1.165) is 11.1 Å². The molecule has 0 aliphatic rings. The Morgan fingerprint density at radius 1 is 1.23 bits per heavy atom. The Bertz CT molecular complexity index is 707. The number of rotatable bonds is 5. The van der Waals surface area contributed by atoms with Crippen LogP contribution in [0.4, 0.5) is 0 Å². The minimum Gasteiger partial charge on any atom is -0.346 e. The summed E-state index contributed by atoms with van der Waals surface area (Å²) < 4.78 is 0. The van der Waals surface area contributed by atoms with Crippen LogP contribution in [0.5, 0.6) is 0 Å². The highest BCUT2D eigenvalue weighted by molar-refractivity contribution is 5.76. The Labute approximate surface area is 129 Å². The molecule has 0 aliphatic heterocycles. The molecule has 1 N–H and O–H groups in total. The predicted molar refractivity (Wildman–Crippen MR) is 84.5 cm³/mol. The molecule has 1 aromatic heterocycles. The lowest BCUT2D eigenvalue weighted by atomic mass is 10.1. The molecule has 0 saturated heterocycles. The highest BCUT2D eigenvalue weighted by Gasteiger charge is 2.11. The molecule has 6 heteroatoms. The van der Waals surface area contributed by atoms with Gasteiger partial charge in [-0.2, -0.15) is 0 Å². The minimum absolute atomic E-state index is 0.00805. The summed E-state index contributed by atoms with van der Waals surface area (Å²) in [7, 11) is 1.73. The van der Waals surface area contributed by atoms with Crippen molar-refractivity contribution >= 4 is 5.91 Å². The first kappa shape index (κ1) is 15.9. The molecule has 1 heterocycles. The maximum Gasteiger partial charge on any atom is 0.273 e. The van der Waals surface area contributed by atoms with Crippen LogP contribution in [0.1, 0.15) is 24.6 Å². The van der Waals surface area contributed by atoms with E-state index in [1.54, 1.807) is 11.9 Å². The zero-order valence-electron chi connectivity index (χ0n) is 13.1. The normalized spacial score (nSPS) is 10.5. The Balaban J connectivity index is 2.11. The number of nitrogens with one attached hydrogen (secondary N) is 1. The zero-order valence-corrected chi connectivity index (χ0v) is 13.1. The number of aromatic nitrogens is 3. The first-order chi connectivity index (χ1) is 10.5. The van der Waals surface area contributed by atoms with E-state index in [-0.39, 0.29) is 23.6 Å². The van der Waals surface area contributed by atoms with Crippen molar-refractivity contribution in [3.63, 3.8) is 0 Å². The molecule has 0 unspecified atom stereocenters. The van der Waals surface area contributed by atoms with Gasteiger partial charge in [-0.3, -0.25) is 9.59 Å². The SMILES string of the molecule is CCN(C)C(=O)CCc1nnc(-c2ccc(C)cc2)[nH]c1=O. The number of amides is 1. The summed E-state index contributed by atoms with van der Waals surface area (Å²) in [5.41, 5.74) is 1.93. The average molecular weight is 300 g/mol. The van der Waals surface area contributed by atoms with Gasteiger partial charge >= 0.3 is 0 Å². The highest BCUT2D eigenvalue weighted by Crippen LogP contribution is 2.13. The summed E-state index contributed by atoms with van der Waals surface area (Å²) in [6.45, 7) is 4.54. The second-order valence-corrected chi connectivity index (χ2v) is 5.22. The molecule has 116 valence electrons. The number of H-pyrrole nitrogens is 1. The molecule has 22 heavy (non-hydrogen) atoms. The van der Waals surface area contributed by atoms with Crippen molar-refractivity contribution in [1.29, 1.82) is 0 Å². The zero-order chi connectivity index (χ0) is 16.1. The summed E-state index contributed by atoms with van der Waals surface area (Å²) in [6, 6.07) is 7.66. The quantitative estimate of drug-likeness (QED) is 0.908. The lowest BCUT2D eigenvalue weighted by Crippen LogP contribution is -2.27. The molecule has 2 rings (SSSR count). The number of carbonyl (C=O) groups excluding carboxylic acids is 1. The van der Waals surface area contributed by atoms with Gasteiger partial charge in [-0.15, -0.1) is 10.2 Å². The van der Waals surface area contributed by atoms with Gasteiger partial charge < -0.3 is 9.88 Å². The van der Waals surface area contributed by atoms with Crippen LogP contribution < -0.4 is 5.56 Å². The second kappa shape index (κ2) is 6.98. The van der Waals surface area contributed by atoms with E-state index in [1.807, 2.05) is 38.1 Å². The van der Waals surface area contributed by atoms with E-state index in [2.05, 4.69) is 15.2 Å². The van der Waals surface area contributed by atoms with Gasteiger partial charge in [0.25, 0.3) is 5.56 Å². The van der Waals surface area contributed by atoms with Crippen LogP contribution in [-0.2, 0) is 11.2 Å². The number of aromatic amines is 1. The fourth-order valence-corrected chi connectivity index (χ4v) is 1.96. The third-order valence-electron chi connectivity index (χ3n) is 3.57. The summed E-state index contributed by atoms with van der Waals surface area (Å²) in [6.07, 6.45) is 0.547. The van der Waals surface area contributed by atoms with E-state index in [9.17, 15) is 9.59 Å². The van der Waals surface area contributed by atoms with Crippen molar-refractivity contribution < 1.29 is 4.79 Å². The predicted octanol–water partition coefficient (Wildman–Crippen LogP) is 1.55. The minimum atomic E-state index is -0.294. The highest BCUT2D eigenvalue weighted by atomic mass is 16.2. The third kappa shape index (κ3) is 3.78. The first-order valence-corrected chi connectivity index (χ1v) is 7.28. The maximum absolute atomic E-state index is 12.0. The van der Waals surface area contributed by atoms with Crippen molar-refractivity contribution in [2.75, 3.05) is 13.6 Å². The van der Waals surface area contributed by atoms with Crippen LogP contribution >= 0.6 is 0 Å².